The molecule has 3 heteroatoms. The second-order valence-corrected chi connectivity index (χ2v) is 6.03. The van der Waals surface area contributed by atoms with E-state index in [2.05, 4.69) is 57.1 Å². The lowest BCUT2D eigenvalue weighted by Gasteiger charge is -2.45. The van der Waals surface area contributed by atoms with Crippen LogP contribution in [0.25, 0.3) is 0 Å². The number of hydrogen-bond acceptors (Lipinski definition) is 2. The van der Waals surface area contributed by atoms with E-state index in [9.17, 15) is 0 Å². The predicted molar refractivity (Wildman–Crippen MR) is 75.7 cm³/mol. The monoisotopic (exact) mass is 328 g/mol. The number of rotatable bonds is 2. The molecule has 1 unspecified atom stereocenters. The van der Waals surface area contributed by atoms with Crippen molar-refractivity contribution in [3.63, 3.8) is 0 Å². The Bertz CT molecular complexity index is 372. The molecule has 3 fully saturated rings. The lowest BCUT2D eigenvalue weighted by molar-refractivity contribution is 0.0975. The first-order valence-corrected chi connectivity index (χ1v) is 7.14. The van der Waals surface area contributed by atoms with E-state index in [1.807, 2.05) is 0 Å². The van der Waals surface area contributed by atoms with E-state index in [1.165, 1.54) is 41.7 Å². The van der Waals surface area contributed by atoms with E-state index in [1.54, 1.807) is 0 Å². The molecular weight excluding hydrogens is 311 g/mol. The van der Waals surface area contributed by atoms with E-state index in [0.29, 0.717) is 6.04 Å². The molecule has 3 aliphatic heterocycles. The van der Waals surface area contributed by atoms with Gasteiger partial charge in [-0.05, 0) is 66.6 Å². The number of anilines is 1. The normalized spacial score (nSPS) is 32.7. The molecule has 1 N–H and O–H groups in total. The number of para-hydroxylation sites is 1. The second kappa shape index (κ2) is 4.53. The van der Waals surface area contributed by atoms with Gasteiger partial charge < -0.3 is 10.2 Å². The third-order valence-corrected chi connectivity index (χ3v) is 4.81. The highest BCUT2D eigenvalue weighted by atomic mass is 127. The van der Waals surface area contributed by atoms with E-state index in [0.717, 1.165) is 5.92 Å². The molecular formula is C13H17IN2. The number of nitrogens with one attached hydrogen (secondary N) is 1. The molecule has 3 heterocycles. The summed E-state index contributed by atoms with van der Waals surface area (Å²) in [5.41, 5.74) is 1.31. The summed E-state index contributed by atoms with van der Waals surface area (Å²) in [7, 11) is 0. The van der Waals surface area contributed by atoms with Crippen LogP contribution < -0.4 is 5.32 Å². The first kappa shape index (κ1) is 10.8. The highest BCUT2D eigenvalue weighted by Crippen LogP contribution is 2.30. The van der Waals surface area contributed by atoms with Crippen molar-refractivity contribution in [2.24, 2.45) is 5.92 Å². The molecule has 2 bridgehead atoms. The Kier molecular flexibility index (Phi) is 3.07. The molecule has 0 amide bonds. The fourth-order valence-electron chi connectivity index (χ4n) is 2.91. The summed E-state index contributed by atoms with van der Waals surface area (Å²) in [4.78, 5) is 2.59. The van der Waals surface area contributed by atoms with Crippen molar-refractivity contribution in [3.8, 4) is 0 Å². The molecule has 1 aromatic carbocycles. The van der Waals surface area contributed by atoms with Crippen LogP contribution in [0.3, 0.4) is 0 Å². The minimum atomic E-state index is 0.665. The number of hydrogen-bond donors (Lipinski definition) is 1. The van der Waals surface area contributed by atoms with Gasteiger partial charge in [-0.25, -0.2) is 0 Å². The van der Waals surface area contributed by atoms with Gasteiger partial charge in [0.1, 0.15) is 0 Å². The van der Waals surface area contributed by atoms with E-state index >= 15 is 0 Å². The number of nitrogens with zero attached hydrogens (tertiary/aromatic N) is 1. The topological polar surface area (TPSA) is 15.3 Å². The summed E-state index contributed by atoms with van der Waals surface area (Å²) in [5, 5.41) is 3.73. The number of halogens is 1. The van der Waals surface area contributed by atoms with Crippen LogP contribution in [0.4, 0.5) is 5.69 Å². The van der Waals surface area contributed by atoms with Gasteiger partial charge in [0.15, 0.2) is 0 Å². The van der Waals surface area contributed by atoms with Crippen LogP contribution >= 0.6 is 22.6 Å². The van der Waals surface area contributed by atoms with Gasteiger partial charge in [-0.3, -0.25) is 0 Å². The van der Waals surface area contributed by atoms with Crippen LogP contribution in [-0.2, 0) is 0 Å². The molecule has 3 saturated heterocycles. The Hall–Kier alpha value is -0.290. The number of piperidine rings is 3. The van der Waals surface area contributed by atoms with Crippen molar-refractivity contribution in [2.45, 2.75) is 18.9 Å². The van der Waals surface area contributed by atoms with Gasteiger partial charge in [-0.15, -0.1) is 0 Å². The smallest absolute Gasteiger partial charge is 0.0478 e. The molecule has 16 heavy (non-hydrogen) atoms. The third-order valence-electron chi connectivity index (χ3n) is 3.87. The SMILES string of the molecule is Ic1ccccc1NC1CN2CCC1CC2. The lowest BCUT2D eigenvalue weighted by atomic mass is 9.84. The molecule has 0 aromatic heterocycles. The third kappa shape index (κ3) is 2.07. The molecule has 2 nitrogen and oxygen atoms in total. The molecule has 3 aliphatic rings. The highest BCUT2D eigenvalue weighted by molar-refractivity contribution is 14.1. The minimum Gasteiger partial charge on any atom is -0.380 e. The average Bonchev–Trinajstić information content (AvgIpc) is 2.34. The zero-order valence-electron chi connectivity index (χ0n) is 9.32. The van der Waals surface area contributed by atoms with Crippen molar-refractivity contribution in [1.82, 2.24) is 4.90 Å². The summed E-state index contributed by atoms with van der Waals surface area (Å²) < 4.78 is 1.33. The highest BCUT2D eigenvalue weighted by Gasteiger charge is 2.33. The largest absolute Gasteiger partial charge is 0.380 e. The summed E-state index contributed by atoms with van der Waals surface area (Å²) in [6.07, 6.45) is 2.75. The molecule has 1 atom stereocenters. The van der Waals surface area contributed by atoms with Crippen molar-refractivity contribution in [3.05, 3.63) is 27.8 Å². The van der Waals surface area contributed by atoms with Crippen LogP contribution in [0.15, 0.2) is 24.3 Å². The molecule has 1 aromatic rings. The zero-order valence-corrected chi connectivity index (χ0v) is 11.5. The molecule has 0 saturated carbocycles. The van der Waals surface area contributed by atoms with Crippen LogP contribution in [0, 0.1) is 9.49 Å². The fraction of sp³-hybridized carbons (Fsp3) is 0.538. The van der Waals surface area contributed by atoms with Gasteiger partial charge in [0.05, 0.1) is 0 Å². The predicted octanol–water partition coefficient (Wildman–Crippen LogP) is 2.80. The van der Waals surface area contributed by atoms with Crippen LogP contribution in [-0.4, -0.2) is 30.6 Å². The van der Waals surface area contributed by atoms with Crippen molar-refractivity contribution in [1.29, 1.82) is 0 Å². The maximum absolute atomic E-state index is 3.73. The van der Waals surface area contributed by atoms with E-state index in [4.69, 9.17) is 0 Å². The van der Waals surface area contributed by atoms with Gasteiger partial charge in [-0.1, -0.05) is 12.1 Å². The molecule has 0 spiro atoms. The maximum Gasteiger partial charge on any atom is 0.0478 e. The Labute approximate surface area is 111 Å². The lowest BCUT2D eigenvalue weighted by Crippen LogP contribution is -2.53. The van der Waals surface area contributed by atoms with E-state index < -0.39 is 0 Å². The summed E-state index contributed by atoms with van der Waals surface area (Å²) >= 11 is 2.41. The molecule has 4 rings (SSSR count). The average molecular weight is 328 g/mol. The van der Waals surface area contributed by atoms with Gasteiger partial charge in [-0.2, -0.15) is 0 Å². The zero-order chi connectivity index (χ0) is 11.0. The Morgan fingerprint density at radius 3 is 2.56 bits per heavy atom. The van der Waals surface area contributed by atoms with Crippen molar-refractivity contribution < 1.29 is 0 Å². The number of fused-ring (bicyclic) bond motifs is 3. The Morgan fingerprint density at radius 1 is 1.19 bits per heavy atom. The maximum atomic E-state index is 3.73. The van der Waals surface area contributed by atoms with Crippen molar-refractivity contribution >= 4 is 28.3 Å². The quantitative estimate of drug-likeness (QED) is 0.840. The Balaban J connectivity index is 1.73. The minimum absolute atomic E-state index is 0.665. The summed E-state index contributed by atoms with van der Waals surface area (Å²) in [6.45, 7) is 3.86. The number of benzene rings is 1. The van der Waals surface area contributed by atoms with Gasteiger partial charge >= 0.3 is 0 Å². The van der Waals surface area contributed by atoms with Gasteiger partial charge in [0.2, 0.25) is 0 Å². The van der Waals surface area contributed by atoms with Gasteiger partial charge in [0.25, 0.3) is 0 Å². The molecule has 86 valence electrons. The summed E-state index contributed by atoms with van der Waals surface area (Å²) in [6, 6.07) is 9.25. The van der Waals surface area contributed by atoms with Crippen LogP contribution in [0.2, 0.25) is 0 Å². The first-order chi connectivity index (χ1) is 7.83. The first-order valence-electron chi connectivity index (χ1n) is 6.06. The van der Waals surface area contributed by atoms with Crippen LogP contribution in [0.1, 0.15) is 12.8 Å². The standard InChI is InChI=1S/C13H17IN2/c14-11-3-1-2-4-12(11)15-13-9-16-7-5-10(13)6-8-16/h1-4,10,13,15H,5-9H2. The van der Waals surface area contributed by atoms with E-state index in [-0.39, 0.29) is 0 Å². The van der Waals surface area contributed by atoms with Gasteiger partial charge in [0, 0.05) is 21.8 Å². The second-order valence-electron chi connectivity index (χ2n) is 4.87. The summed E-state index contributed by atoms with van der Waals surface area (Å²) in [5.74, 6) is 0.890. The fourth-order valence-corrected chi connectivity index (χ4v) is 3.45. The molecule has 0 aliphatic carbocycles. The van der Waals surface area contributed by atoms with Crippen molar-refractivity contribution in [2.75, 3.05) is 25.0 Å². The Morgan fingerprint density at radius 2 is 1.94 bits per heavy atom. The molecule has 0 radical (unpaired) electrons. The van der Waals surface area contributed by atoms with Crippen LogP contribution in [0.5, 0.6) is 0 Å².